The van der Waals surface area contributed by atoms with E-state index < -0.39 is 0 Å². The fourth-order valence-electron chi connectivity index (χ4n) is 2.73. The van der Waals surface area contributed by atoms with Crippen LogP contribution in [0.3, 0.4) is 0 Å². The van der Waals surface area contributed by atoms with E-state index >= 15 is 0 Å². The summed E-state index contributed by atoms with van der Waals surface area (Å²) in [5, 5.41) is 4.60. The van der Waals surface area contributed by atoms with Gasteiger partial charge in [-0.15, -0.1) is 0 Å². The van der Waals surface area contributed by atoms with Gasteiger partial charge in [0.15, 0.2) is 0 Å². The molecule has 0 spiro atoms. The minimum atomic E-state index is 0.433. The maximum Gasteiger partial charge on any atom is -0.00557 e. The Morgan fingerprint density at radius 3 is 2.11 bits per heavy atom. The third-order valence-corrected chi connectivity index (χ3v) is 4.82. The van der Waals surface area contributed by atoms with E-state index in [1.165, 1.54) is 57.8 Å². The van der Waals surface area contributed by atoms with Crippen LogP contribution in [-0.2, 0) is 5.41 Å². The summed E-state index contributed by atoms with van der Waals surface area (Å²) in [4.78, 5) is 0. The second-order valence-electron chi connectivity index (χ2n) is 5.84. The molecule has 1 aromatic heterocycles. The van der Waals surface area contributed by atoms with Crippen LogP contribution < -0.4 is 0 Å². The molecule has 1 aromatic rings. The van der Waals surface area contributed by atoms with Crippen molar-refractivity contribution in [3.8, 4) is 0 Å². The van der Waals surface area contributed by atoms with E-state index in [0.29, 0.717) is 5.41 Å². The minimum Gasteiger partial charge on any atom is -0.152 e. The molecule has 1 heteroatoms. The number of rotatable bonds is 10. The lowest BCUT2D eigenvalue weighted by molar-refractivity contribution is 0.366. The zero-order valence-electron chi connectivity index (χ0n) is 12.5. The van der Waals surface area contributed by atoms with E-state index in [9.17, 15) is 0 Å². The summed E-state index contributed by atoms with van der Waals surface area (Å²) in [7, 11) is 0. The Morgan fingerprint density at radius 2 is 1.56 bits per heavy atom. The van der Waals surface area contributed by atoms with Gasteiger partial charge in [-0.1, -0.05) is 65.7 Å². The second kappa shape index (κ2) is 8.74. The number of hydrogen-bond acceptors (Lipinski definition) is 1. The van der Waals surface area contributed by atoms with Gasteiger partial charge in [0, 0.05) is 0 Å². The van der Waals surface area contributed by atoms with Crippen LogP contribution in [-0.4, -0.2) is 0 Å². The Hall–Kier alpha value is -0.300. The summed E-state index contributed by atoms with van der Waals surface area (Å²) in [6.07, 6.45) is 12.4. The molecule has 0 aliphatic heterocycles. The third kappa shape index (κ3) is 5.14. The summed E-state index contributed by atoms with van der Waals surface area (Å²) in [5.74, 6) is 0. The zero-order valence-corrected chi connectivity index (χ0v) is 13.3. The van der Waals surface area contributed by atoms with E-state index in [-0.39, 0.29) is 0 Å². The first kappa shape index (κ1) is 15.8. The third-order valence-electron chi connectivity index (χ3n) is 4.13. The van der Waals surface area contributed by atoms with Crippen molar-refractivity contribution in [1.29, 1.82) is 0 Å². The van der Waals surface area contributed by atoms with Gasteiger partial charge in [0.05, 0.1) is 0 Å². The summed E-state index contributed by atoms with van der Waals surface area (Å²) >= 11 is 1.85. The lowest BCUT2D eigenvalue weighted by Crippen LogP contribution is -2.21. The van der Waals surface area contributed by atoms with Gasteiger partial charge in [-0.25, -0.2) is 0 Å². The van der Waals surface area contributed by atoms with Gasteiger partial charge in [0.1, 0.15) is 0 Å². The molecule has 1 heterocycles. The van der Waals surface area contributed by atoms with Crippen molar-refractivity contribution in [2.75, 3.05) is 0 Å². The van der Waals surface area contributed by atoms with Crippen molar-refractivity contribution < 1.29 is 0 Å². The predicted octanol–water partition coefficient (Wildman–Crippen LogP) is 6.56. The van der Waals surface area contributed by atoms with E-state index in [2.05, 4.69) is 37.6 Å². The van der Waals surface area contributed by atoms with Crippen molar-refractivity contribution in [2.45, 2.75) is 84.0 Å². The highest BCUT2D eigenvalue weighted by Gasteiger charge is 2.25. The molecule has 1 atom stereocenters. The Balaban J connectivity index is 2.51. The van der Waals surface area contributed by atoms with Crippen LogP contribution >= 0.6 is 11.3 Å². The summed E-state index contributed by atoms with van der Waals surface area (Å²) in [6.45, 7) is 7.07. The highest BCUT2D eigenvalue weighted by molar-refractivity contribution is 7.08. The predicted molar refractivity (Wildman–Crippen MR) is 84.6 cm³/mol. The molecular formula is C17H30S. The zero-order chi connectivity index (χ0) is 13.3. The maximum atomic E-state index is 2.48. The quantitative estimate of drug-likeness (QED) is 0.421. The molecule has 0 saturated carbocycles. The van der Waals surface area contributed by atoms with E-state index in [1.54, 1.807) is 5.56 Å². The molecule has 0 nitrogen and oxygen atoms in total. The SMILES string of the molecule is CCCCCCC(C)(CCCCC)c1ccsc1. The van der Waals surface area contributed by atoms with Crippen LogP contribution in [0.1, 0.15) is 84.1 Å². The highest BCUT2D eigenvalue weighted by atomic mass is 32.1. The monoisotopic (exact) mass is 266 g/mol. The van der Waals surface area contributed by atoms with Gasteiger partial charge in [-0.2, -0.15) is 11.3 Å². The van der Waals surface area contributed by atoms with E-state index in [0.717, 1.165) is 0 Å². The van der Waals surface area contributed by atoms with Gasteiger partial charge in [0.25, 0.3) is 0 Å². The van der Waals surface area contributed by atoms with Crippen LogP contribution in [0.15, 0.2) is 16.8 Å². The van der Waals surface area contributed by atoms with Crippen LogP contribution in [0, 0.1) is 0 Å². The average Bonchev–Trinajstić information content (AvgIpc) is 2.89. The first-order valence-electron chi connectivity index (χ1n) is 7.75. The van der Waals surface area contributed by atoms with E-state index in [1.807, 2.05) is 11.3 Å². The molecule has 0 aromatic carbocycles. The average molecular weight is 266 g/mol. The molecule has 104 valence electrons. The fourth-order valence-corrected chi connectivity index (χ4v) is 3.54. The topological polar surface area (TPSA) is 0 Å². The van der Waals surface area contributed by atoms with Crippen molar-refractivity contribution in [2.24, 2.45) is 0 Å². The molecule has 18 heavy (non-hydrogen) atoms. The smallest absolute Gasteiger partial charge is 0.00557 e. The molecule has 0 aliphatic carbocycles. The first-order valence-corrected chi connectivity index (χ1v) is 8.70. The van der Waals surface area contributed by atoms with Crippen molar-refractivity contribution in [1.82, 2.24) is 0 Å². The summed E-state index contributed by atoms with van der Waals surface area (Å²) in [5.41, 5.74) is 2.02. The van der Waals surface area contributed by atoms with Crippen LogP contribution in [0.5, 0.6) is 0 Å². The van der Waals surface area contributed by atoms with Crippen molar-refractivity contribution in [3.63, 3.8) is 0 Å². The number of hydrogen-bond donors (Lipinski definition) is 0. The molecule has 0 radical (unpaired) electrons. The van der Waals surface area contributed by atoms with Crippen molar-refractivity contribution >= 4 is 11.3 Å². The molecule has 0 fully saturated rings. The molecule has 0 saturated heterocycles. The Kier molecular flexibility index (Phi) is 7.65. The molecule has 1 rings (SSSR count). The van der Waals surface area contributed by atoms with Crippen LogP contribution in [0.4, 0.5) is 0 Å². The fraction of sp³-hybridized carbons (Fsp3) is 0.765. The molecule has 0 amide bonds. The summed E-state index contributed by atoms with van der Waals surface area (Å²) < 4.78 is 0. The standard InChI is InChI=1S/C17H30S/c1-4-6-8-10-13-17(3,12-9-7-5-2)16-11-14-18-15-16/h11,14-15H,4-10,12-13H2,1-3H3. The lowest BCUT2D eigenvalue weighted by atomic mass is 9.75. The minimum absolute atomic E-state index is 0.433. The molecule has 1 unspecified atom stereocenters. The largest absolute Gasteiger partial charge is 0.152 e. The van der Waals surface area contributed by atoms with Crippen LogP contribution in [0.25, 0.3) is 0 Å². The number of thiophene rings is 1. The maximum absolute atomic E-state index is 2.48. The summed E-state index contributed by atoms with van der Waals surface area (Å²) in [6, 6.07) is 2.34. The Morgan fingerprint density at radius 1 is 0.944 bits per heavy atom. The van der Waals surface area contributed by atoms with Gasteiger partial charge in [-0.05, 0) is 40.6 Å². The Bertz CT molecular complexity index is 289. The first-order chi connectivity index (χ1) is 8.73. The second-order valence-corrected chi connectivity index (χ2v) is 6.62. The number of unbranched alkanes of at least 4 members (excludes halogenated alkanes) is 5. The van der Waals surface area contributed by atoms with Crippen molar-refractivity contribution in [3.05, 3.63) is 22.4 Å². The Labute approximate surface area is 118 Å². The van der Waals surface area contributed by atoms with E-state index in [4.69, 9.17) is 0 Å². The molecule has 0 N–H and O–H groups in total. The normalized spacial score (nSPS) is 14.6. The molecule has 0 bridgehead atoms. The molecule has 0 aliphatic rings. The van der Waals surface area contributed by atoms with Gasteiger partial charge in [-0.3, -0.25) is 0 Å². The molecular weight excluding hydrogens is 236 g/mol. The van der Waals surface area contributed by atoms with Gasteiger partial charge < -0.3 is 0 Å². The highest BCUT2D eigenvalue weighted by Crippen LogP contribution is 2.36. The van der Waals surface area contributed by atoms with Gasteiger partial charge in [0.2, 0.25) is 0 Å². The van der Waals surface area contributed by atoms with Gasteiger partial charge >= 0.3 is 0 Å². The van der Waals surface area contributed by atoms with Crippen LogP contribution in [0.2, 0.25) is 0 Å². The lowest BCUT2D eigenvalue weighted by Gasteiger charge is -2.29.